The summed E-state index contributed by atoms with van der Waals surface area (Å²) in [6, 6.07) is 2.36. The molecule has 68 valence electrons. The van der Waals surface area contributed by atoms with E-state index in [0.29, 0.717) is 12.5 Å². The Morgan fingerprint density at radius 3 is 2.83 bits per heavy atom. The van der Waals surface area contributed by atoms with E-state index in [9.17, 15) is 0 Å². The molecular formula is C10H17NO. The van der Waals surface area contributed by atoms with E-state index < -0.39 is 5.60 Å². The van der Waals surface area contributed by atoms with Gasteiger partial charge in [0.05, 0.1) is 6.07 Å². The van der Waals surface area contributed by atoms with Gasteiger partial charge in [-0.2, -0.15) is 5.26 Å². The number of nitrogens with zero attached hydrogens (tertiary/aromatic N) is 1. The fourth-order valence-corrected chi connectivity index (χ4v) is 2.21. The lowest BCUT2D eigenvalue weighted by Crippen LogP contribution is -2.34. The summed E-state index contributed by atoms with van der Waals surface area (Å²) < 4.78 is 5.58. The van der Waals surface area contributed by atoms with Crippen LogP contribution in [0, 0.1) is 17.2 Å². The molecule has 2 heteroatoms. The second-order valence-electron chi connectivity index (χ2n) is 3.43. The Morgan fingerprint density at radius 2 is 2.33 bits per heavy atom. The van der Waals surface area contributed by atoms with Crippen molar-refractivity contribution in [2.24, 2.45) is 5.92 Å². The van der Waals surface area contributed by atoms with Gasteiger partial charge in [-0.05, 0) is 32.6 Å². The molecule has 0 amide bonds. The van der Waals surface area contributed by atoms with Crippen LogP contribution in [-0.2, 0) is 4.74 Å². The van der Waals surface area contributed by atoms with Gasteiger partial charge in [0, 0.05) is 12.5 Å². The Bertz CT molecular complexity index is 185. The largest absolute Gasteiger partial charge is 0.360 e. The zero-order valence-corrected chi connectivity index (χ0v) is 7.97. The number of rotatable bonds is 3. The summed E-state index contributed by atoms with van der Waals surface area (Å²) in [6.45, 7) is 4.76. The van der Waals surface area contributed by atoms with Crippen molar-refractivity contribution in [3.05, 3.63) is 0 Å². The molecule has 2 unspecified atom stereocenters. The quantitative estimate of drug-likeness (QED) is 0.647. The van der Waals surface area contributed by atoms with Crippen molar-refractivity contribution >= 4 is 0 Å². The molecule has 0 bridgehead atoms. The third kappa shape index (κ3) is 1.47. The van der Waals surface area contributed by atoms with E-state index in [0.717, 1.165) is 25.7 Å². The summed E-state index contributed by atoms with van der Waals surface area (Å²) in [7, 11) is 0. The van der Waals surface area contributed by atoms with Crippen LogP contribution in [0.4, 0.5) is 0 Å². The van der Waals surface area contributed by atoms with Gasteiger partial charge >= 0.3 is 0 Å². The molecule has 1 aliphatic carbocycles. The van der Waals surface area contributed by atoms with Gasteiger partial charge in [-0.1, -0.05) is 6.92 Å². The van der Waals surface area contributed by atoms with Crippen LogP contribution in [0.5, 0.6) is 0 Å². The zero-order valence-electron chi connectivity index (χ0n) is 7.97. The second kappa shape index (κ2) is 3.91. The third-order valence-corrected chi connectivity index (χ3v) is 2.84. The first kappa shape index (κ1) is 9.54. The minimum atomic E-state index is -0.441. The Hall–Kier alpha value is -0.550. The molecule has 12 heavy (non-hydrogen) atoms. The molecule has 0 aromatic heterocycles. The number of nitriles is 1. The highest BCUT2D eigenvalue weighted by Gasteiger charge is 2.42. The lowest BCUT2D eigenvalue weighted by atomic mass is 9.90. The molecule has 2 atom stereocenters. The third-order valence-electron chi connectivity index (χ3n) is 2.84. The topological polar surface area (TPSA) is 33.0 Å². The summed E-state index contributed by atoms with van der Waals surface area (Å²) in [5.41, 5.74) is -0.441. The molecule has 0 N–H and O–H groups in total. The summed E-state index contributed by atoms with van der Waals surface area (Å²) in [4.78, 5) is 0. The second-order valence-corrected chi connectivity index (χ2v) is 3.43. The van der Waals surface area contributed by atoms with Gasteiger partial charge in [-0.15, -0.1) is 0 Å². The average Bonchev–Trinajstić information content (AvgIpc) is 2.49. The first-order chi connectivity index (χ1) is 5.79. The molecule has 0 spiro atoms. The van der Waals surface area contributed by atoms with Crippen LogP contribution in [0.2, 0.25) is 0 Å². The molecule has 0 heterocycles. The van der Waals surface area contributed by atoms with Gasteiger partial charge in [-0.3, -0.25) is 0 Å². The molecule has 0 aliphatic heterocycles. The predicted molar refractivity (Wildman–Crippen MR) is 47.6 cm³/mol. The zero-order chi connectivity index (χ0) is 9.03. The van der Waals surface area contributed by atoms with Crippen LogP contribution >= 0.6 is 0 Å². The molecule has 1 aliphatic rings. The molecule has 0 radical (unpaired) electrons. The molecular weight excluding hydrogens is 150 g/mol. The van der Waals surface area contributed by atoms with Crippen LogP contribution in [0.3, 0.4) is 0 Å². The lowest BCUT2D eigenvalue weighted by Gasteiger charge is -2.27. The van der Waals surface area contributed by atoms with Gasteiger partial charge in [0.25, 0.3) is 0 Å². The Kier molecular flexibility index (Phi) is 3.11. The fraction of sp³-hybridized carbons (Fsp3) is 0.900. The van der Waals surface area contributed by atoms with Crippen molar-refractivity contribution in [1.82, 2.24) is 0 Å². The monoisotopic (exact) mass is 167 g/mol. The minimum Gasteiger partial charge on any atom is -0.360 e. The van der Waals surface area contributed by atoms with E-state index in [1.165, 1.54) is 0 Å². The van der Waals surface area contributed by atoms with E-state index in [2.05, 4.69) is 13.0 Å². The Balaban J connectivity index is 2.70. The van der Waals surface area contributed by atoms with Gasteiger partial charge in [0.2, 0.25) is 0 Å². The summed E-state index contributed by atoms with van der Waals surface area (Å²) >= 11 is 0. The van der Waals surface area contributed by atoms with E-state index in [1.807, 2.05) is 6.92 Å². The predicted octanol–water partition coefficient (Wildman–Crippen LogP) is 2.50. The fourth-order valence-electron chi connectivity index (χ4n) is 2.21. The maximum atomic E-state index is 9.07. The van der Waals surface area contributed by atoms with Crippen LogP contribution in [0.15, 0.2) is 0 Å². The van der Waals surface area contributed by atoms with Crippen molar-refractivity contribution in [2.75, 3.05) is 6.61 Å². The van der Waals surface area contributed by atoms with E-state index in [1.54, 1.807) is 0 Å². The average molecular weight is 167 g/mol. The smallest absolute Gasteiger partial charge is 0.156 e. The van der Waals surface area contributed by atoms with Gasteiger partial charge in [0.1, 0.15) is 0 Å². The highest BCUT2D eigenvalue weighted by molar-refractivity contribution is 5.09. The molecule has 2 nitrogen and oxygen atoms in total. The van der Waals surface area contributed by atoms with Gasteiger partial charge in [0.15, 0.2) is 5.60 Å². The SMILES string of the molecule is CCOC1(C#N)CCCC1CC. The first-order valence-corrected chi connectivity index (χ1v) is 4.84. The van der Waals surface area contributed by atoms with E-state index in [4.69, 9.17) is 10.00 Å². The maximum absolute atomic E-state index is 9.07. The molecule has 0 saturated heterocycles. The van der Waals surface area contributed by atoms with Crippen molar-refractivity contribution in [1.29, 1.82) is 5.26 Å². The van der Waals surface area contributed by atoms with Crippen LogP contribution in [-0.4, -0.2) is 12.2 Å². The van der Waals surface area contributed by atoms with Crippen molar-refractivity contribution in [3.63, 3.8) is 0 Å². The molecule has 0 aromatic rings. The Morgan fingerprint density at radius 1 is 1.58 bits per heavy atom. The summed E-state index contributed by atoms with van der Waals surface area (Å²) in [6.07, 6.45) is 4.29. The molecule has 1 rings (SSSR count). The van der Waals surface area contributed by atoms with Crippen LogP contribution in [0.1, 0.15) is 39.5 Å². The van der Waals surface area contributed by atoms with E-state index >= 15 is 0 Å². The van der Waals surface area contributed by atoms with Crippen LogP contribution in [0.25, 0.3) is 0 Å². The number of hydrogen-bond acceptors (Lipinski definition) is 2. The number of ether oxygens (including phenoxy) is 1. The standard InChI is InChI=1S/C10H17NO/c1-3-9-6-5-7-10(9,8-11)12-4-2/h9H,3-7H2,1-2H3. The normalized spacial score (nSPS) is 34.9. The van der Waals surface area contributed by atoms with Gasteiger partial charge < -0.3 is 4.74 Å². The van der Waals surface area contributed by atoms with Crippen molar-refractivity contribution < 1.29 is 4.74 Å². The minimum absolute atomic E-state index is 0.441. The van der Waals surface area contributed by atoms with Crippen LogP contribution < -0.4 is 0 Å². The van der Waals surface area contributed by atoms with Crippen molar-refractivity contribution in [2.45, 2.75) is 45.1 Å². The highest BCUT2D eigenvalue weighted by atomic mass is 16.5. The molecule has 1 saturated carbocycles. The first-order valence-electron chi connectivity index (χ1n) is 4.84. The number of hydrogen-bond donors (Lipinski definition) is 0. The lowest BCUT2D eigenvalue weighted by molar-refractivity contribution is -0.0234. The highest BCUT2D eigenvalue weighted by Crippen LogP contribution is 2.40. The summed E-state index contributed by atoms with van der Waals surface area (Å²) in [5.74, 6) is 0.461. The maximum Gasteiger partial charge on any atom is 0.156 e. The molecule has 0 aromatic carbocycles. The Labute approximate surface area is 74.5 Å². The summed E-state index contributed by atoms with van der Waals surface area (Å²) in [5, 5.41) is 9.07. The molecule has 1 fully saturated rings. The van der Waals surface area contributed by atoms with E-state index in [-0.39, 0.29) is 0 Å². The van der Waals surface area contributed by atoms with Crippen molar-refractivity contribution in [3.8, 4) is 6.07 Å². The van der Waals surface area contributed by atoms with Gasteiger partial charge in [-0.25, -0.2) is 0 Å².